The first kappa shape index (κ1) is 24.5. The monoisotopic (exact) mass is 513 g/mol. The zero-order valence-corrected chi connectivity index (χ0v) is 20.2. The summed E-state index contributed by atoms with van der Waals surface area (Å²) in [7, 11) is 0. The highest BCUT2D eigenvalue weighted by molar-refractivity contribution is 7.98. The summed E-state index contributed by atoms with van der Waals surface area (Å²) < 4.78 is 45.3. The van der Waals surface area contributed by atoms with Crippen LogP contribution in [0.4, 0.5) is 30.2 Å². The second-order valence-electron chi connectivity index (χ2n) is 8.86. The van der Waals surface area contributed by atoms with Crippen LogP contribution in [0.5, 0.6) is 5.75 Å². The zero-order chi connectivity index (χ0) is 25.1. The second-order valence-corrected chi connectivity index (χ2v) is 9.63. The summed E-state index contributed by atoms with van der Waals surface area (Å²) in [5, 5.41) is 10.4. The molecule has 9 heteroatoms. The Hall–Kier alpha value is -3.14. The maximum absolute atomic E-state index is 12.4. The minimum absolute atomic E-state index is 0.145. The van der Waals surface area contributed by atoms with Gasteiger partial charge in [0.1, 0.15) is 5.75 Å². The fourth-order valence-corrected chi connectivity index (χ4v) is 5.55. The SMILES string of the molecule is ON(SNC1CCCC(N2c3ccccc3C=Cc3ccccc32)C1)c1ccc(OC(F)(F)F)cc1. The van der Waals surface area contributed by atoms with Gasteiger partial charge in [-0.1, -0.05) is 48.6 Å². The van der Waals surface area contributed by atoms with Gasteiger partial charge in [0, 0.05) is 23.5 Å². The van der Waals surface area contributed by atoms with Crippen molar-refractivity contribution in [3.05, 3.63) is 83.9 Å². The van der Waals surface area contributed by atoms with E-state index < -0.39 is 6.36 Å². The first-order valence-corrected chi connectivity index (χ1v) is 12.6. The van der Waals surface area contributed by atoms with Gasteiger partial charge in [0.15, 0.2) is 0 Å². The van der Waals surface area contributed by atoms with Crippen molar-refractivity contribution >= 4 is 41.3 Å². The Kier molecular flexibility index (Phi) is 7.13. The standard InChI is InChI=1S/C27H26F3N3O2S/c28-27(29,30)35-24-16-14-22(15-17-24)33(34)36-31-21-8-5-9-23(18-21)32-25-10-3-1-6-19(25)12-13-20-7-2-4-11-26(20)32/h1-4,6-7,10-17,21,23,31,34H,5,8-9,18H2. The molecule has 2 unspecified atom stereocenters. The van der Waals surface area contributed by atoms with Crippen molar-refractivity contribution in [2.24, 2.45) is 0 Å². The summed E-state index contributed by atoms with van der Waals surface area (Å²) in [4.78, 5) is 2.44. The van der Waals surface area contributed by atoms with Crippen LogP contribution in [0, 0.1) is 0 Å². The lowest BCUT2D eigenvalue weighted by atomic mass is 9.89. The van der Waals surface area contributed by atoms with Gasteiger partial charge < -0.3 is 9.64 Å². The molecule has 1 aliphatic heterocycles. The number of para-hydroxylation sites is 2. The molecule has 0 bridgehead atoms. The van der Waals surface area contributed by atoms with E-state index in [0.717, 1.165) is 42.3 Å². The molecular formula is C27H26F3N3O2S. The van der Waals surface area contributed by atoms with Crippen LogP contribution in [0.25, 0.3) is 12.2 Å². The fourth-order valence-electron chi connectivity index (χ4n) is 4.86. The summed E-state index contributed by atoms with van der Waals surface area (Å²) >= 11 is 1.02. The van der Waals surface area contributed by atoms with E-state index >= 15 is 0 Å². The van der Waals surface area contributed by atoms with Crippen molar-refractivity contribution in [2.45, 2.75) is 44.1 Å². The highest BCUT2D eigenvalue weighted by Crippen LogP contribution is 2.41. The molecule has 2 aliphatic rings. The number of nitrogens with zero attached hydrogens (tertiary/aromatic N) is 2. The highest BCUT2D eigenvalue weighted by atomic mass is 32.2. The number of halogens is 3. The number of hydrogen-bond acceptors (Lipinski definition) is 6. The maximum Gasteiger partial charge on any atom is 0.573 e. The van der Waals surface area contributed by atoms with Crippen LogP contribution < -0.4 is 18.8 Å². The Morgan fingerprint density at radius 1 is 0.889 bits per heavy atom. The van der Waals surface area contributed by atoms with Crippen LogP contribution in [0.2, 0.25) is 0 Å². The number of ether oxygens (including phenoxy) is 1. The Morgan fingerprint density at radius 2 is 1.50 bits per heavy atom. The van der Waals surface area contributed by atoms with Crippen LogP contribution in [0.1, 0.15) is 36.8 Å². The number of fused-ring (bicyclic) bond motifs is 2. The Bertz CT molecular complexity index is 1170. The van der Waals surface area contributed by atoms with Crippen molar-refractivity contribution in [1.29, 1.82) is 0 Å². The van der Waals surface area contributed by atoms with Gasteiger partial charge in [-0.25, -0.2) is 4.72 Å². The quantitative estimate of drug-likeness (QED) is 0.262. The number of alkyl halides is 3. The predicted octanol–water partition coefficient (Wildman–Crippen LogP) is 7.57. The van der Waals surface area contributed by atoms with Crippen LogP contribution in [-0.2, 0) is 0 Å². The molecule has 2 atom stereocenters. The second kappa shape index (κ2) is 10.5. The number of benzene rings is 3. The third-order valence-corrected chi connectivity index (χ3v) is 7.27. The molecule has 0 aromatic heterocycles. The van der Waals surface area contributed by atoms with Crippen molar-refractivity contribution < 1.29 is 23.1 Å². The van der Waals surface area contributed by atoms with Gasteiger partial charge in [0.2, 0.25) is 0 Å². The van der Waals surface area contributed by atoms with E-state index in [1.165, 1.54) is 46.8 Å². The molecule has 1 fully saturated rings. The molecule has 1 heterocycles. The van der Waals surface area contributed by atoms with Gasteiger partial charge in [-0.15, -0.1) is 13.2 Å². The molecule has 5 rings (SSSR count). The van der Waals surface area contributed by atoms with E-state index in [9.17, 15) is 18.4 Å². The highest BCUT2D eigenvalue weighted by Gasteiger charge is 2.32. The van der Waals surface area contributed by atoms with Gasteiger partial charge in [-0.05, 0) is 73.2 Å². The predicted molar refractivity (Wildman–Crippen MR) is 138 cm³/mol. The summed E-state index contributed by atoms with van der Waals surface area (Å²) in [6.45, 7) is 0. The van der Waals surface area contributed by atoms with Crippen LogP contribution in [-0.4, -0.2) is 23.7 Å². The third-order valence-electron chi connectivity index (χ3n) is 6.44. The number of nitrogens with one attached hydrogen (secondary N) is 1. The van der Waals surface area contributed by atoms with Gasteiger partial charge in [-0.2, -0.15) is 4.47 Å². The van der Waals surface area contributed by atoms with Gasteiger partial charge in [0.05, 0.1) is 17.8 Å². The lowest BCUT2D eigenvalue weighted by molar-refractivity contribution is -0.274. The average molecular weight is 514 g/mol. The van der Waals surface area contributed by atoms with Crippen molar-refractivity contribution in [1.82, 2.24) is 4.72 Å². The maximum atomic E-state index is 12.4. The van der Waals surface area contributed by atoms with Gasteiger partial charge in [0.25, 0.3) is 0 Å². The normalized spacial score (nSPS) is 19.3. The van der Waals surface area contributed by atoms with E-state index in [4.69, 9.17) is 0 Å². The minimum Gasteiger partial charge on any atom is -0.406 e. The molecule has 1 saturated carbocycles. The van der Waals surface area contributed by atoms with E-state index in [1.54, 1.807) is 0 Å². The largest absolute Gasteiger partial charge is 0.573 e. The van der Waals surface area contributed by atoms with Gasteiger partial charge >= 0.3 is 6.36 Å². The molecule has 5 nitrogen and oxygen atoms in total. The minimum atomic E-state index is -4.75. The Balaban J connectivity index is 1.27. The van der Waals surface area contributed by atoms with Crippen LogP contribution in [0.15, 0.2) is 72.8 Å². The van der Waals surface area contributed by atoms with Crippen molar-refractivity contribution in [2.75, 3.05) is 9.37 Å². The van der Waals surface area contributed by atoms with E-state index in [-0.39, 0.29) is 17.8 Å². The van der Waals surface area contributed by atoms with Crippen LogP contribution in [0.3, 0.4) is 0 Å². The Labute approximate surface area is 212 Å². The smallest absolute Gasteiger partial charge is 0.406 e. The van der Waals surface area contributed by atoms with Crippen molar-refractivity contribution in [3.8, 4) is 5.75 Å². The first-order chi connectivity index (χ1) is 17.4. The first-order valence-electron chi connectivity index (χ1n) is 11.8. The van der Waals surface area contributed by atoms with Crippen LogP contribution >= 0.6 is 12.1 Å². The molecule has 0 amide bonds. The van der Waals surface area contributed by atoms with E-state index in [1.807, 2.05) is 0 Å². The lowest BCUT2D eigenvalue weighted by Gasteiger charge is -2.40. The number of hydrogen-bond donors (Lipinski definition) is 2. The molecule has 0 spiro atoms. The molecule has 0 saturated heterocycles. The van der Waals surface area contributed by atoms with E-state index in [2.05, 4.69) is 75.0 Å². The number of anilines is 3. The molecule has 3 aromatic rings. The molecule has 0 radical (unpaired) electrons. The topological polar surface area (TPSA) is 48.0 Å². The third kappa shape index (κ3) is 5.64. The molecule has 3 aromatic carbocycles. The molecule has 1 aliphatic carbocycles. The van der Waals surface area contributed by atoms with Gasteiger partial charge in [-0.3, -0.25) is 5.21 Å². The summed E-state index contributed by atoms with van der Waals surface area (Å²) in [5.41, 5.74) is 5.06. The van der Waals surface area contributed by atoms with Crippen molar-refractivity contribution in [3.63, 3.8) is 0 Å². The molecule has 188 valence electrons. The lowest BCUT2D eigenvalue weighted by Crippen LogP contribution is -2.42. The summed E-state index contributed by atoms with van der Waals surface area (Å²) in [6, 6.07) is 22.3. The summed E-state index contributed by atoms with van der Waals surface area (Å²) in [5.74, 6) is -0.333. The number of rotatable bonds is 6. The zero-order valence-electron chi connectivity index (χ0n) is 19.4. The van der Waals surface area contributed by atoms with E-state index in [0.29, 0.717) is 5.69 Å². The average Bonchev–Trinajstić information content (AvgIpc) is 3.04. The molecule has 36 heavy (non-hydrogen) atoms. The fraction of sp³-hybridized carbons (Fsp3) is 0.259. The molecular weight excluding hydrogens is 487 g/mol. The molecule has 2 N–H and O–H groups in total. The summed E-state index contributed by atoms with van der Waals surface area (Å²) in [6.07, 6.45) is 3.50. The Morgan fingerprint density at radius 3 is 2.11 bits per heavy atom.